The fourth-order valence-corrected chi connectivity index (χ4v) is 3.04. The molecule has 0 aliphatic rings. The SMILES string of the molecule is CCN(CCCN(CC)c1cccc(C)c1)c1cccc(C)c1. The molecule has 0 aromatic heterocycles. The maximum absolute atomic E-state index is 2.47. The Balaban J connectivity index is 1.93. The molecule has 0 saturated carbocycles. The van der Waals surface area contributed by atoms with E-state index in [0.717, 1.165) is 26.2 Å². The van der Waals surface area contributed by atoms with Gasteiger partial charge in [0.05, 0.1) is 0 Å². The van der Waals surface area contributed by atoms with Crippen LogP contribution in [0.25, 0.3) is 0 Å². The first kappa shape index (κ1) is 17.4. The van der Waals surface area contributed by atoms with E-state index in [4.69, 9.17) is 0 Å². The van der Waals surface area contributed by atoms with Crippen LogP contribution < -0.4 is 9.80 Å². The lowest BCUT2D eigenvalue weighted by atomic mass is 10.2. The van der Waals surface area contributed by atoms with Crippen molar-refractivity contribution in [3.8, 4) is 0 Å². The highest BCUT2D eigenvalue weighted by Gasteiger charge is 2.07. The molecule has 0 amide bonds. The van der Waals surface area contributed by atoms with Crippen molar-refractivity contribution in [1.29, 1.82) is 0 Å². The normalized spacial score (nSPS) is 10.6. The van der Waals surface area contributed by atoms with Crippen molar-refractivity contribution in [1.82, 2.24) is 0 Å². The molecule has 0 spiro atoms. The van der Waals surface area contributed by atoms with E-state index < -0.39 is 0 Å². The molecule has 2 rings (SSSR count). The van der Waals surface area contributed by atoms with Gasteiger partial charge in [-0.25, -0.2) is 0 Å². The molecule has 0 N–H and O–H groups in total. The standard InChI is InChI=1S/C21H30N2/c1-5-22(20-12-7-10-18(3)16-20)14-9-15-23(6-2)21-13-8-11-19(4)17-21/h7-8,10-13,16-17H,5-6,9,14-15H2,1-4H3. The van der Waals surface area contributed by atoms with Gasteiger partial charge < -0.3 is 9.80 Å². The van der Waals surface area contributed by atoms with Gasteiger partial charge in [-0.05, 0) is 69.5 Å². The summed E-state index contributed by atoms with van der Waals surface area (Å²) in [7, 11) is 0. The van der Waals surface area contributed by atoms with Crippen molar-refractivity contribution >= 4 is 11.4 Å². The van der Waals surface area contributed by atoms with Gasteiger partial charge in [-0.1, -0.05) is 24.3 Å². The molecular formula is C21H30N2. The third kappa shape index (κ3) is 5.02. The van der Waals surface area contributed by atoms with Crippen LogP contribution in [0.15, 0.2) is 48.5 Å². The van der Waals surface area contributed by atoms with Crippen molar-refractivity contribution in [2.75, 3.05) is 36.0 Å². The van der Waals surface area contributed by atoms with E-state index in [0.29, 0.717) is 0 Å². The van der Waals surface area contributed by atoms with Gasteiger partial charge in [0.25, 0.3) is 0 Å². The van der Waals surface area contributed by atoms with E-state index in [9.17, 15) is 0 Å². The lowest BCUT2D eigenvalue weighted by Gasteiger charge is -2.27. The molecule has 2 aromatic rings. The number of benzene rings is 2. The van der Waals surface area contributed by atoms with E-state index in [-0.39, 0.29) is 0 Å². The Kier molecular flexibility index (Phi) is 6.52. The molecule has 0 aliphatic carbocycles. The Hall–Kier alpha value is -1.96. The van der Waals surface area contributed by atoms with Gasteiger partial charge >= 0.3 is 0 Å². The number of nitrogens with zero attached hydrogens (tertiary/aromatic N) is 2. The molecule has 0 radical (unpaired) electrons. The summed E-state index contributed by atoms with van der Waals surface area (Å²) in [5.41, 5.74) is 5.34. The average molecular weight is 310 g/mol. The molecule has 2 nitrogen and oxygen atoms in total. The molecule has 0 saturated heterocycles. The van der Waals surface area contributed by atoms with Crippen molar-refractivity contribution in [3.05, 3.63) is 59.7 Å². The molecule has 124 valence electrons. The van der Waals surface area contributed by atoms with Gasteiger partial charge in [-0.3, -0.25) is 0 Å². The Labute approximate surface area is 141 Å². The zero-order valence-electron chi connectivity index (χ0n) is 15.0. The second-order valence-electron chi connectivity index (χ2n) is 6.19. The topological polar surface area (TPSA) is 6.48 Å². The first-order valence-electron chi connectivity index (χ1n) is 8.77. The van der Waals surface area contributed by atoms with Crippen LogP contribution in [0.4, 0.5) is 11.4 Å². The fraction of sp³-hybridized carbons (Fsp3) is 0.429. The van der Waals surface area contributed by atoms with Gasteiger partial charge in [-0.15, -0.1) is 0 Å². The van der Waals surface area contributed by atoms with Crippen molar-refractivity contribution in [3.63, 3.8) is 0 Å². The van der Waals surface area contributed by atoms with Crippen molar-refractivity contribution in [2.24, 2.45) is 0 Å². The number of aryl methyl sites for hydroxylation is 2. The van der Waals surface area contributed by atoms with E-state index in [1.807, 2.05) is 0 Å². The smallest absolute Gasteiger partial charge is 0.0368 e. The van der Waals surface area contributed by atoms with Gasteiger partial charge in [0, 0.05) is 37.6 Å². The highest BCUT2D eigenvalue weighted by atomic mass is 15.1. The number of anilines is 2. The minimum Gasteiger partial charge on any atom is -0.372 e. The van der Waals surface area contributed by atoms with E-state index in [1.54, 1.807) is 0 Å². The maximum Gasteiger partial charge on any atom is 0.0368 e. The summed E-state index contributed by atoms with van der Waals surface area (Å²) < 4.78 is 0. The van der Waals surface area contributed by atoms with Crippen LogP contribution >= 0.6 is 0 Å². The number of hydrogen-bond donors (Lipinski definition) is 0. The highest BCUT2D eigenvalue weighted by molar-refractivity contribution is 5.49. The molecule has 0 unspecified atom stereocenters. The zero-order chi connectivity index (χ0) is 16.7. The Morgan fingerprint density at radius 3 is 1.48 bits per heavy atom. The minimum absolute atomic E-state index is 1.06. The third-order valence-corrected chi connectivity index (χ3v) is 4.35. The van der Waals surface area contributed by atoms with Crippen molar-refractivity contribution < 1.29 is 0 Å². The zero-order valence-corrected chi connectivity index (χ0v) is 15.0. The second kappa shape index (κ2) is 8.61. The van der Waals surface area contributed by atoms with Crippen LogP contribution in [0, 0.1) is 13.8 Å². The fourth-order valence-electron chi connectivity index (χ4n) is 3.04. The summed E-state index contributed by atoms with van der Waals surface area (Å²) in [6.45, 7) is 13.1. The van der Waals surface area contributed by atoms with Gasteiger partial charge in [0.1, 0.15) is 0 Å². The van der Waals surface area contributed by atoms with Crippen LogP contribution in [0.1, 0.15) is 31.4 Å². The Morgan fingerprint density at radius 1 is 0.696 bits per heavy atom. The molecule has 0 aliphatic heterocycles. The predicted molar refractivity (Wildman–Crippen MR) is 103 cm³/mol. The summed E-state index contributed by atoms with van der Waals surface area (Å²) in [5.74, 6) is 0. The van der Waals surface area contributed by atoms with E-state index in [2.05, 4.69) is 86.0 Å². The molecule has 0 heterocycles. The van der Waals surface area contributed by atoms with Gasteiger partial charge in [0.15, 0.2) is 0 Å². The summed E-state index contributed by atoms with van der Waals surface area (Å²) >= 11 is 0. The van der Waals surface area contributed by atoms with Gasteiger partial charge in [0.2, 0.25) is 0 Å². The van der Waals surface area contributed by atoms with Crippen molar-refractivity contribution in [2.45, 2.75) is 34.1 Å². The molecule has 0 bridgehead atoms. The highest BCUT2D eigenvalue weighted by Crippen LogP contribution is 2.18. The Morgan fingerprint density at radius 2 is 1.13 bits per heavy atom. The third-order valence-electron chi connectivity index (χ3n) is 4.35. The monoisotopic (exact) mass is 310 g/mol. The summed E-state index contributed by atoms with van der Waals surface area (Å²) in [6.07, 6.45) is 1.17. The summed E-state index contributed by atoms with van der Waals surface area (Å²) in [4.78, 5) is 4.94. The van der Waals surface area contributed by atoms with E-state index >= 15 is 0 Å². The van der Waals surface area contributed by atoms with Crippen LogP contribution in [-0.2, 0) is 0 Å². The first-order valence-corrected chi connectivity index (χ1v) is 8.77. The molecule has 0 atom stereocenters. The molecule has 2 aromatic carbocycles. The quantitative estimate of drug-likeness (QED) is 0.673. The number of hydrogen-bond acceptors (Lipinski definition) is 2. The Bertz CT molecular complexity index is 553. The summed E-state index contributed by atoms with van der Waals surface area (Å²) in [6, 6.07) is 17.6. The molecule has 23 heavy (non-hydrogen) atoms. The molecule has 0 fully saturated rings. The van der Waals surface area contributed by atoms with Crippen LogP contribution in [0.2, 0.25) is 0 Å². The molecular weight excluding hydrogens is 280 g/mol. The maximum atomic E-state index is 2.47. The van der Waals surface area contributed by atoms with Crippen LogP contribution in [0.3, 0.4) is 0 Å². The number of rotatable bonds is 8. The minimum atomic E-state index is 1.06. The average Bonchev–Trinajstić information content (AvgIpc) is 2.55. The van der Waals surface area contributed by atoms with Crippen LogP contribution in [-0.4, -0.2) is 26.2 Å². The summed E-state index contributed by atoms with van der Waals surface area (Å²) in [5, 5.41) is 0. The largest absolute Gasteiger partial charge is 0.372 e. The molecule has 2 heteroatoms. The van der Waals surface area contributed by atoms with E-state index in [1.165, 1.54) is 28.9 Å². The lowest BCUT2D eigenvalue weighted by Crippen LogP contribution is -2.30. The second-order valence-corrected chi connectivity index (χ2v) is 6.19. The van der Waals surface area contributed by atoms with Crippen LogP contribution in [0.5, 0.6) is 0 Å². The predicted octanol–water partition coefficient (Wildman–Crippen LogP) is 5.05. The first-order chi connectivity index (χ1) is 11.1. The lowest BCUT2D eigenvalue weighted by molar-refractivity contribution is 0.710. The van der Waals surface area contributed by atoms with Gasteiger partial charge in [-0.2, -0.15) is 0 Å².